The molecule has 6 nitrogen and oxygen atoms in total. The first kappa shape index (κ1) is 17.8. The van der Waals surface area contributed by atoms with Gasteiger partial charge in [0.05, 0.1) is 16.3 Å². The number of aromatic nitrogens is 1. The molecule has 0 unspecified atom stereocenters. The number of hydrogen-bond acceptors (Lipinski definition) is 4. The van der Waals surface area contributed by atoms with Gasteiger partial charge in [0.1, 0.15) is 0 Å². The van der Waals surface area contributed by atoms with Crippen LogP contribution in [0.25, 0.3) is 0 Å². The molecule has 1 aromatic carbocycles. The molecule has 1 aromatic heterocycles. The van der Waals surface area contributed by atoms with Crippen LogP contribution >= 0.6 is 11.6 Å². The van der Waals surface area contributed by atoms with Crippen LogP contribution in [0.4, 0.5) is 5.69 Å². The summed E-state index contributed by atoms with van der Waals surface area (Å²) in [6.07, 6.45) is 3.41. The number of nitrogens with one attached hydrogen (secondary N) is 1. The van der Waals surface area contributed by atoms with E-state index in [0.29, 0.717) is 16.4 Å². The van der Waals surface area contributed by atoms with Crippen LogP contribution in [-0.4, -0.2) is 36.7 Å². The summed E-state index contributed by atoms with van der Waals surface area (Å²) in [5.41, 5.74) is 1.14. The quantitative estimate of drug-likeness (QED) is 0.836. The molecule has 0 saturated heterocycles. The third kappa shape index (κ3) is 4.36. The van der Waals surface area contributed by atoms with Gasteiger partial charge in [0.25, 0.3) is 0 Å². The van der Waals surface area contributed by atoms with Gasteiger partial charge in [-0.05, 0) is 49.2 Å². The summed E-state index contributed by atoms with van der Waals surface area (Å²) in [6.45, 7) is 0. The summed E-state index contributed by atoms with van der Waals surface area (Å²) in [5, 5.41) is 3.24. The van der Waals surface area contributed by atoms with Crippen molar-refractivity contribution in [3.63, 3.8) is 0 Å². The molecule has 0 aliphatic heterocycles. The highest BCUT2D eigenvalue weighted by Gasteiger charge is 2.34. The summed E-state index contributed by atoms with van der Waals surface area (Å²) in [6, 6.07) is 9.64. The number of anilines is 1. The van der Waals surface area contributed by atoms with Crippen LogP contribution in [0.3, 0.4) is 0 Å². The number of sulfonamides is 1. The highest BCUT2D eigenvalue weighted by atomic mass is 35.5. The van der Waals surface area contributed by atoms with Gasteiger partial charge < -0.3 is 5.32 Å². The topological polar surface area (TPSA) is 79.4 Å². The SMILES string of the molecule is CN(C1CC1)S(=O)(=O)c1ccc(NC(=O)Cc2ccc(Cl)cn2)cc1. The predicted molar refractivity (Wildman–Crippen MR) is 96.0 cm³/mol. The Hall–Kier alpha value is -1.96. The highest BCUT2D eigenvalue weighted by molar-refractivity contribution is 7.89. The summed E-state index contributed by atoms with van der Waals surface area (Å²) >= 11 is 5.76. The first-order valence-electron chi connectivity index (χ1n) is 7.84. The maximum absolute atomic E-state index is 12.4. The molecule has 25 heavy (non-hydrogen) atoms. The average Bonchev–Trinajstić information content (AvgIpc) is 3.41. The number of pyridine rings is 1. The van der Waals surface area contributed by atoms with Crippen molar-refractivity contribution in [1.29, 1.82) is 0 Å². The van der Waals surface area contributed by atoms with Crippen LogP contribution in [0.15, 0.2) is 47.5 Å². The van der Waals surface area contributed by atoms with Crippen molar-refractivity contribution < 1.29 is 13.2 Å². The average molecular weight is 380 g/mol. The maximum atomic E-state index is 12.4. The van der Waals surface area contributed by atoms with Crippen LogP contribution in [0, 0.1) is 0 Å². The molecule has 0 bridgehead atoms. The number of carbonyl (C=O) groups excluding carboxylic acids is 1. The molecular weight excluding hydrogens is 362 g/mol. The lowest BCUT2D eigenvalue weighted by Gasteiger charge is -2.16. The minimum Gasteiger partial charge on any atom is -0.326 e. The molecule has 1 fully saturated rings. The lowest BCUT2D eigenvalue weighted by Crippen LogP contribution is -2.28. The number of benzene rings is 1. The van der Waals surface area contributed by atoms with Crippen molar-refractivity contribution in [2.75, 3.05) is 12.4 Å². The van der Waals surface area contributed by atoms with Crippen molar-refractivity contribution in [2.24, 2.45) is 0 Å². The first-order valence-corrected chi connectivity index (χ1v) is 9.66. The summed E-state index contributed by atoms with van der Waals surface area (Å²) in [5.74, 6) is -0.236. The van der Waals surface area contributed by atoms with Gasteiger partial charge >= 0.3 is 0 Å². The van der Waals surface area contributed by atoms with E-state index in [0.717, 1.165) is 12.8 Å². The summed E-state index contributed by atoms with van der Waals surface area (Å²) in [7, 11) is -1.88. The van der Waals surface area contributed by atoms with Crippen molar-refractivity contribution in [2.45, 2.75) is 30.2 Å². The number of nitrogens with zero attached hydrogens (tertiary/aromatic N) is 2. The molecule has 1 amide bonds. The monoisotopic (exact) mass is 379 g/mol. The van der Waals surface area contributed by atoms with Gasteiger partial charge in [-0.25, -0.2) is 8.42 Å². The molecule has 1 aliphatic carbocycles. The zero-order valence-corrected chi connectivity index (χ0v) is 15.2. The number of amides is 1. The Kier molecular flexibility index (Phi) is 5.08. The van der Waals surface area contributed by atoms with Crippen molar-refractivity contribution in [3.05, 3.63) is 53.3 Å². The zero-order chi connectivity index (χ0) is 18.0. The van der Waals surface area contributed by atoms with Gasteiger partial charge in [-0.3, -0.25) is 9.78 Å². The van der Waals surface area contributed by atoms with Crippen LogP contribution in [0.2, 0.25) is 5.02 Å². The van der Waals surface area contributed by atoms with E-state index >= 15 is 0 Å². The van der Waals surface area contributed by atoms with E-state index in [1.807, 2.05) is 0 Å². The van der Waals surface area contributed by atoms with Crippen LogP contribution < -0.4 is 5.32 Å². The van der Waals surface area contributed by atoms with Gasteiger partial charge in [0.2, 0.25) is 15.9 Å². The minimum atomic E-state index is -3.48. The Bertz CT molecular complexity index is 863. The van der Waals surface area contributed by atoms with E-state index in [-0.39, 0.29) is 23.3 Å². The van der Waals surface area contributed by atoms with Crippen LogP contribution in [0.5, 0.6) is 0 Å². The largest absolute Gasteiger partial charge is 0.326 e. The molecule has 0 atom stereocenters. The molecule has 1 N–H and O–H groups in total. The molecule has 1 saturated carbocycles. The van der Waals surface area contributed by atoms with E-state index in [1.165, 1.54) is 22.6 Å². The molecule has 2 aromatic rings. The molecule has 132 valence electrons. The Labute approximate surface area is 151 Å². The normalized spacial score (nSPS) is 14.5. The van der Waals surface area contributed by atoms with Crippen molar-refractivity contribution >= 4 is 33.2 Å². The fraction of sp³-hybridized carbons (Fsp3) is 0.294. The van der Waals surface area contributed by atoms with Gasteiger partial charge in [0, 0.05) is 30.7 Å². The molecule has 1 aliphatic rings. The predicted octanol–water partition coefficient (Wildman–Crippen LogP) is 2.70. The molecule has 0 spiro atoms. The van der Waals surface area contributed by atoms with Gasteiger partial charge in [-0.15, -0.1) is 0 Å². The van der Waals surface area contributed by atoms with E-state index < -0.39 is 10.0 Å². The first-order chi connectivity index (χ1) is 11.9. The highest BCUT2D eigenvalue weighted by Crippen LogP contribution is 2.30. The Balaban J connectivity index is 1.64. The van der Waals surface area contributed by atoms with Gasteiger partial charge in [-0.1, -0.05) is 11.6 Å². The Morgan fingerprint density at radius 3 is 2.48 bits per heavy atom. The standard InChI is InChI=1S/C17H18ClN3O3S/c1-21(15-6-7-15)25(23,24)16-8-4-13(5-9-16)20-17(22)10-14-3-2-12(18)11-19-14/h2-5,8-9,11,15H,6-7,10H2,1H3,(H,20,22). The van der Waals surface area contributed by atoms with Gasteiger partial charge in [-0.2, -0.15) is 4.31 Å². The third-order valence-electron chi connectivity index (χ3n) is 4.01. The number of halogens is 1. The van der Waals surface area contributed by atoms with E-state index in [2.05, 4.69) is 10.3 Å². The lowest BCUT2D eigenvalue weighted by atomic mass is 10.2. The fourth-order valence-corrected chi connectivity index (χ4v) is 3.92. The molecule has 0 radical (unpaired) electrons. The second-order valence-electron chi connectivity index (χ2n) is 5.97. The zero-order valence-electron chi connectivity index (χ0n) is 13.6. The smallest absolute Gasteiger partial charge is 0.243 e. The lowest BCUT2D eigenvalue weighted by molar-refractivity contribution is -0.115. The minimum absolute atomic E-state index is 0.108. The number of carbonyl (C=O) groups is 1. The summed E-state index contributed by atoms with van der Waals surface area (Å²) in [4.78, 5) is 16.3. The van der Waals surface area contributed by atoms with Gasteiger partial charge in [0.15, 0.2) is 0 Å². The molecule has 3 rings (SSSR count). The van der Waals surface area contributed by atoms with Crippen LogP contribution in [-0.2, 0) is 21.2 Å². The molecule has 1 heterocycles. The number of rotatable bonds is 6. The Morgan fingerprint density at radius 2 is 1.92 bits per heavy atom. The van der Waals surface area contributed by atoms with E-state index in [9.17, 15) is 13.2 Å². The second-order valence-corrected chi connectivity index (χ2v) is 8.40. The fourth-order valence-electron chi connectivity index (χ4n) is 2.39. The summed E-state index contributed by atoms with van der Waals surface area (Å²) < 4.78 is 26.3. The Morgan fingerprint density at radius 1 is 1.24 bits per heavy atom. The van der Waals surface area contributed by atoms with Crippen molar-refractivity contribution in [1.82, 2.24) is 9.29 Å². The van der Waals surface area contributed by atoms with Crippen LogP contribution in [0.1, 0.15) is 18.5 Å². The third-order valence-corrected chi connectivity index (χ3v) is 6.15. The van der Waals surface area contributed by atoms with E-state index in [4.69, 9.17) is 11.6 Å². The second kappa shape index (κ2) is 7.11. The maximum Gasteiger partial charge on any atom is 0.243 e. The van der Waals surface area contributed by atoms with E-state index in [1.54, 1.807) is 31.3 Å². The molecular formula is C17H18ClN3O3S. The number of hydrogen-bond donors (Lipinski definition) is 1. The van der Waals surface area contributed by atoms with Crippen molar-refractivity contribution in [3.8, 4) is 0 Å². The molecule has 8 heteroatoms.